The largest absolute Gasteiger partial charge is 0.478 e. The number of hydrogen-bond donors (Lipinski definition) is 1. The number of aromatic carboxylic acids is 1. The van der Waals surface area contributed by atoms with E-state index in [1.807, 2.05) is 24.3 Å². The molecule has 0 amide bonds. The summed E-state index contributed by atoms with van der Waals surface area (Å²) in [5, 5.41) is 9.80. The van der Waals surface area contributed by atoms with Gasteiger partial charge in [-0.3, -0.25) is 0 Å². The monoisotopic (exact) mass is 330 g/mol. The van der Waals surface area contributed by atoms with E-state index in [4.69, 9.17) is 4.74 Å². The fraction of sp³-hybridized carbons (Fsp3) is 0.421. The summed E-state index contributed by atoms with van der Waals surface area (Å²) in [7, 11) is 1.67. The second-order valence-corrected chi connectivity index (χ2v) is 8.09. The van der Waals surface area contributed by atoms with E-state index in [1.54, 1.807) is 18.4 Å². The van der Waals surface area contributed by atoms with Gasteiger partial charge >= 0.3 is 5.97 Å². The van der Waals surface area contributed by atoms with Crippen molar-refractivity contribution in [1.29, 1.82) is 0 Å². The molecule has 1 aliphatic carbocycles. The minimum atomic E-state index is -0.813. The van der Waals surface area contributed by atoms with E-state index in [0.717, 1.165) is 40.8 Å². The summed E-state index contributed by atoms with van der Waals surface area (Å²) in [6.07, 6.45) is 2.94. The quantitative estimate of drug-likeness (QED) is 0.878. The molecule has 0 fully saturated rings. The van der Waals surface area contributed by atoms with Gasteiger partial charge in [-0.2, -0.15) is 0 Å². The highest BCUT2D eigenvalue weighted by Crippen LogP contribution is 2.45. The first-order valence-corrected chi connectivity index (χ1v) is 8.69. The average molecular weight is 330 g/mol. The van der Waals surface area contributed by atoms with Crippen LogP contribution in [0.2, 0.25) is 0 Å². The molecule has 1 N–H and O–H groups in total. The van der Waals surface area contributed by atoms with E-state index < -0.39 is 5.97 Å². The van der Waals surface area contributed by atoms with Crippen molar-refractivity contribution in [1.82, 2.24) is 0 Å². The Morgan fingerprint density at radius 3 is 2.87 bits per heavy atom. The van der Waals surface area contributed by atoms with Gasteiger partial charge in [-0.05, 0) is 47.4 Å². The molecule has 0 radical (unpaired) electrons. The lowest BCUT2D eigenvalue weighted by molar-refractivity contribution is 0.0696. The van der Waals surface area contributed by atoms with Crippen LogP contribution < -0.4 is 0 Å². The number of thiophene rings is 1. The van der Waals surface area contributed by atoms with Gasteiger partial charge in [-0.1, -0.05) is 32.0 Å². The molecule has 3 rings (SSSR count). The first kappa shape index (κ1) is 16.2. The SMILES string of the molecule is COCc1cccc(-c2sc3c(c2C(=O)O)CC(C)(C)CC3)c1. The van der Waals surface area contributed by atoms with Gasteiger partial charge in [0.1, 0.15) is 0 Å². The molecular weight excluding hydrogens is 308 g/mol. The molecule has 122 valence electrons. The summed E-state index contributed by atoms with van der Waals surface area (Å²) in [6.45, 7) is 4.98. The van der Waals surface area contributed by atoms with E-state index in [1.165, 1.54) is 4.88 Å². The Hall–Kier alpha value is -1.65. The first-order valence-electron chi connectivity index (χ1n) is 7.87. The van der Waals surface area contributed by atoms with Crippen LogP contribution >= 0.6 is 11.3 Å². The van der Waals surface area contributed by atoms with Gasteiger partial charge < -0.3 is 9.84 Å². The van der Waals surface area contributed by atoms with E-state index in [9.17, 15) is 9.90 Å². The number of carboxylic acids is 1. The number of fused-ring (bicyclic) bond motifs is 1. The molecule has 1 aromatic carbocycles. The maximum Gasteiger partial charge on any atom is 0.337 e. The lowest BCUT2D eigenvalue weighted by Crippen LogP contribution is -2.22. The van der Waals surface area contributed by atoms with Crippen LogP contribution in [0.1, 0.15) is 46.6 Å². The number of carboxylic acid groups (broad SMARTS) is 1. The van der Waals surface area contributed by atoms with Gasteiger partial charge in [0.2, 0.25) is 0 Å². The van der Waals surface area contributed by atoms with E-state index in [0.29, 0.717) is 12.2 Å². The third-order valence-corrected chi connectivity index (χ3v) is 5.83. The Morgan fingerprint density at radius 2 is 2.17 bits per heavy atom. The van der Waals surface area contributed by atoms with Crippen LogP contribution in [0.4, 0.5) is 0 Å². The molecule has 0 saturated heterocycles. The van der Waals surface area contributed by atoms with Gasteiger partial charge in [0.25, 0.3) is 0 Å². The summed E-state index contributed by atoms with van der Waals surface area (Å²) in [5.41, 5.74) is 3.77. The molecule has 0 atom stereocenters. The number of benzene rings is 1. The Kier molecular flexibility index (Phi) is 4.30. The molecule has 2 aromatic rings. The second-order valence-electron chi connectivity index (χ2n) is 6.99. The Morgan fingerprint density at radius 1 is 1.39 bits per heavy atom. The topological polar surface area (TPSA) is 46.5 Å². The standard InChI is InChI=1S/C19H22O3S/c1-19(2)8-7-15-14(10-19)16(18(20)21)17(23-15)13-6-4-5-12(9-13)11-22-3/h4-6,9H,7-8,10-11H2,1-3H3,(H,20,21). The zero-order valence-electron chi connectivity index (χ0n) is 13.8. The minimum Gasteiger partial charge on any atom is -0.478 e. The van der Waals surface area contributed by atoms with Crippen LogP contribution in [0.15, 0.2) is 24.3 Å². The number of methoxy groups -OCH3 is 1. The summed E-state index contributed by atoms with van der Waals surface area (Å²) < 4.78 is 5.19. The van der Waals surface area contributed by atoms with Gasteiger partial charge in [-0.15, -0.1) is 11.3 Å². The zero-order chi connectivity index (χ0) is 16.6. The molecule has 0 bridgehead atoms. The molecule has 0 saturated carbocycles. The molecule has 1 aliphatic rings. The zero-order valence-corrected chi connectivity index (χ0v) is 14.6. The molecule has 23 heavy (non-hydrogen) atoms. The Balaban J connectivity index is 2.12. The highest BCUT2D eigenvalue weighted by atomic mass is 32.1. The van der Waals surface area contributed by atoms with Gasteiger partial charge in [-0.25, -0.2) is 4.79 Å². The molecule has 3 nitrogen and oxygen atoms in total. The highest BCUT2D eigenvalue weighted by Gasteiger charge is 2.32. The Labute approximate surface area is 140 Å². The van der Waals surface area contributed by atoms with Crippen molar-refractivity contribution < 1.29 is 14.6 Å². The van der Waals surface area contributed by atoms with E-state index in [-0.39, 0.29) is 5.41 Å². The van der Waals surface area contributed by atoms with Crippen molar-refractivity contribution in [2.75, 3.05) is 7.11 Å². The van der Waals surface area contributed by atoms with Crippen molar-refractivity contribution in [3.63, 3.8) is 0 Å². The lowest BCUT2D eigenvalue weighted by Gasteiger charge is -2.29. The molecular formula is C19H22O3S. The fourth-order valence-electron chi connectivity index (χ4n) is 3.32. The van der Waals surface area contributed by atoms with E-state index >= 15 is 0 Å². The first-order chi connectivity index (χ1) is 10.9. The Bertz CT molecular complexity index is 743. The normalized spacial score (nSPS) is 16.1. The van der Waals surface area contributed by atoms with Crippen LogP contribution in [0.25, 0.3) is 10.4 Å². The summed E-state index contributed by atoms with van der Waals surface area (Å²) in [5.74, 6) is -0.813. The molecule has 0 unspecified atom stereocenters. The maximum atomic E-state index is 11.9. The van der Waals surface area contributed by atoms with Gasteiger partial charge in [0.15, 0.2) is 0 Å². The van der Waals surface area contributed by atoms with Gasteiger partial charge in [0, 0.05) is 16.9 Å². The maximum absolute atomic E-state index is 11.9. The van der Waals surface area contributed by atoms with Crippen molar-refractivity contribution in [2.24, 2.45) is 5.41 Å². The summed E-state index contributed by atoms with van der Waals surface area (Å²) >= 11 is 1.65. The lowest BCUT2D eigenvalue weighted by atomic mass is 9.76. The van der Waals surface area contributed by atoms with Crippen molar-refractivity contribution in [2.45, 2.75) is 39.7 Å². The van der Waals surface area contributed by atoms with Crippen molar-refractivity contribution >= 4 is 17.3 Å². The van der Waals surface area contributed by atoms with Crippen LogP contribution in [0.5, 0.6) is 0 Å². The average Bonchev–Trinajstić information content (AvgIpc) is 2.85. The molecule has 0 aliphatic heterocycles. The van der Waals surface area contributed by atoms with Crippen LogP contribution in [-0.2, 0) is 24.2 Å². The smallest absolute Gasteiger partial charge is 0.337 e. The summed E-state index contributed by atoms with van der Waals surface area (Å²) in [4.78, 5) is 14.1. The predicted molar refractivity (Wildman–Crippen MR) is 93.2 cm³/mol. The molecule has 0 spiro atoms. The summed E-state index contributed by atoms with van der Waals surface area (Å²) in [6, 6.07) is 8.01. The van der Waals surface area contributed by atoms with Crippen LogP contribution in [-0.4, -0.2) is 18.2 Å². The number of ether oxygens (including phenoxy) is 1. The van der Waals surface area contributed by atoms with Gasteiger partial charge in [0.05, 0.1) is 12.2 Å². The molecule has 4 heteroatoms. The molecule has 1 aromatic heterocycles. The minimum absolute atomic E-state index is 0.174. The van der Waals surface area contributed by atoms with Crippen LogP contribution in [0, 0.1) is 5.41 Å². The molecule has 1 heterocycles. The van der Waals surface area contributed by atoms with Crippen molar-refractivity contribution in [3.8, 4) is 10.4 Å². The van der Waals surface area contributed by atoms with Crippen LogP contribution in [0.3, 0.4) is 0 Å². The second kappa shape index (κ2) is 6.10. The van der Waals surface area contributed by atoms with Crippen molar-refractivity contribution in [3.05, 3.63) is 45.8 Å². The fourth-order valence-corrected chi connectivity index (χ4v) is 4.62. The third-order valence-electron chi connectivity index (χ3n) is 4.49. The number of aryl methyl sites for hydroxylation is 1. The third kappa shape index (κ3) is 3.19. The number of hydrogen-bond acceptors (Lipinski definition) is 3. The number of rotatable bonds is 4. The number of carbonyl (C=O) groups is 1. The van der Waals surface area contributed by atoms with E-state index in [2.05, 4.69) is 13.8 Å². The predicted octanol–water partition coefficient (Wildman–Crippen LogP) is 4.77. The highest BCUT2D eigenvalue weighted by molar-refractivity contribution is 7.16.